The Kier molecular flexibility index (Phi) is 8.49. The first-order chi connectivity index (χ1) is 18.7. The van der Waals surface area contributed by atoms with Crippen LogP contribution in [0.2, 0.25) is 5.02 Å². The molecule has 3 nitrogen and oxygen atoms in total. The summed E-state index contributed by atoms with van der Waals surface area (Å²) < 4.78 is 0. The predicted molar refractivity (Wildman–Crippen MR) is 166 cm³/mol. The molecule has 1 heterocycles. The van der Waals surface area contributed by atoms with Crippen molar-refractivity contribution in [2.75, 3.05) is 12.4 Å². The standard InChI is InChI=1S/C34H36ClNO2S/c1-33(2,38)30-9-4-3-7-25(30)13-17-32(39-23-34(22-37)18-19-34)27-8-5-6-24(20-27)10-15-29-16-12-26-11-14-28(35)21-31(26)36-29/h3-12,14-16,20-21,32,37-38H,13,17-19,22-23H2,1-2H3/t32-/m1/s1. The van der Waals surface area contributed by atoms with Crippen LogP contribution in [0.25, 0.3) is 23.1 Å². The van der Waals surface area contributed by atoms with Crippen LogP contribution in [0.5, 0.6) is 0 Å². The summed E-state index contributed by atoms with van der Waals surface area (Å²) >= 11 is 8.12. The number of rotatable bonds is 11. The van der Waals surface area contributed by atoms with Gasteiger partial charge in [0.2, 0.25) is 0 Å². The fraction of sp³-hybridized carbons (Fsp3) is 0.324. The van der Waals surface area contributed by atoms with Crippen molar-refractivity contribution in [3.63, 3.8) is 0 Å². The Morgan fingerprint density at radius 1 is 1.00 bits per heavy atom. The molecule has 0 saturated heterocycles. The van der Waals surface area contributed by atoms with E-state index in [0.717, 1.165) is 59.2 Å². The predicted octanol–water partition coefficient (Wildman–Crippen LogP) is 8.47. The van der Waals surface area contributed by atoms with E-state index in [0.29, 0.717) is 5.02 Å². The highest BCUT2D eigenvalue weighted by Crippen LogP contribution is 2.50. The SMILES string of the molecule is CC(C)(O)c1ccccc1CC[C@@H](SCC1(CO)CC1)c1cccc(C=Cc2ccc3ccc(Cl)cc3n2)c1. The summed E-state index contributed by atoms with van der Waals surface area (Å²) in [6, 6.07) is 26.8. The van der Waals surface area contributed by atoms with Gasteiger partial charge in [-0.3, -0.25) is 0 Å². The maximum Gasteiger partial charge on any atom is 0.0843 e. The van der Waals surface area contributed by atoms with E-state index in [9.17, 15) is 10.2 Å². The summed E-state index contributed by atoms with van der Waals surface area (Å²) in [7, 11) is 0. The molecule has 1 atom stereocenters. The fourth-order valence-electron chi connectivity index (χ4n) is 5.01. The van der Waals surface area contributed by atoms with Gasteiger partial charge >= 0.3 is 0 Å². The summed E-state index contributed by atoms with van der Waals surface area (Å²) in [6.45, 7) is 3.97. The highest BCUT2D eigenvalue weighted by atomic mass is 35.5. The molecule has 0 bridgehead atoms. The minimum atomic E-state index is -0.874. The molecule has 0 radical (unpaired) electrons. The van der Waals surface area contributed by atoms with E-state index in [1.165, 1.54) is 11.1 Å². The molecular formula is C34H36ClNO2S. The normalized spacial score (nSPS) is 15.6. The van der Waals surface area contributed by atoms with Crippen LogP contribution < -0.4 is 0 Å². The Balaban J connectivity index is 1.36. The van der Waals surface area contributed by atoms with Gasteiger partial charge in [0.15, 0.2) is 0 Å². The van der Waals surface area contributed by atoms with Gasteiger partial charge in [0, 0.05) is 33.4 Å². The number of pyridine rings is 1. The highest BCUT2D eigenvalue weighted by Gasteiger charge is 2.42. The first-order valence-electron chi connectivity index (χ1n) is 13.6. The van der Waals surface area contributed by atoms with E-state index < -0.39 is 5.60 Å². The summed E-state index contributed by atoms with van der Waals surface area (Å²) in [4.78, 5) is 4.75. The van der Waals surface area contributed by atoms with Gasteiger partial charge in [-0.25, -0.2) is 4.98 Å². The molecule has 1 aromatic heterocycles. The number of hydrogen-bond acceptors (Lipinski definition) is 4. The third kappa shape index (κ3) is 7.12. The maximum atomic E-state index is 10.7. The van der Waals surface area contributed by atoms with Crippen LogP contribution in [0.1, 0.15) is 66.3 Å². The third-order valence-electron chi connectivity index (χ3n) is 7.64. The number of aryl methyl sites for hydroxylation is 1. The lowest BCUT2D eigenvalue weighted by Crippen LogP contribution is -2.18. The smallest absolute Gasteiger partial charge is 0.0843 e. The Morgan fingerprint density at radius 2 is 1.79 bits per heavy atom. The molecule has 5 rings (SSSR count). The third-order valence-corrected chi connectivity index (χ3v) is 9.56. The molecule has 1 aliphatic rings. The van der Waals surface area contributed by atoms with Crippen LogP contribution >= 0.6 is 23.4 Å². The summed E-state index contributed by atoms with van der Waals surface area (Å²) in [5, 5.41) is 22.7. The van der Waals surface area contributed by atoms with Gasteiger partial charge in [0.05, 0.1) is 16.8 Å². The maximum absolute atomic E-state index is 10.7. The monoisotopic (exact) mass is 557 g/mol. The lowest BCUT2D eigenvalue weighted by atomic mass is 9.90. The van der Waals surface area contributed by atoms with Crippen molar-refractivity contribution in [3.05, 3.63) is 112 Å². The quantitative estimate of drug-likeness (QED) is 0.194. The van der Waals surface area contributed by atoms with Crippen molar-refractivity contribution in [2.45, 2.75) is 50.4 Å². The average molecular weight is 558 g/mol. The van der Waals surface area contributed by atoms with Gasteiger partial charge in [-0.2, -0.15) is 11.8 Å². The zero-order valence-corrected chi connectivity index (χ0v) is 24.2. The van der Waals surface area contributed by atoms with Gasteiger partial charge in [0.25, 0.3) is 0 Å². The highest BCUT2D eigenvalue weighted by molar-refractivity contribution is 7.99. The second-order valence-electron chi connectivity index (χ2n) is 11.3. The van der Waals surface area contributed by atoms with Gasteiger partial charge in [0.1, 0.15) is 0 Å². The van der Waals surface area contributed by atoms with Crippen molar-refractivity contribution >= 4 is 46.4 Å². The topological polar surface area (TPSA) is 53.4 Å². The van der Waals surface area contributed by atoms with E-state index in [1.807, 2.05) is 68.1 Å². The molecule has 3 aromatic carbocycles. The molecule has 1 saturated carbocycles. The summed E-state index contributed by atoms with van der Waals surface area (Å²) in [5.41, 5.74) is 5.60. The Hall–Kier alpha value is -2.63. The summed E-state index contributed by atoms with van der Waals surface area (Å²) in [6.07, 6.45) is 8.22. The Morgan fingerprint density at radius 3 is 2.56 bits per heavy atom. The molecular weight excluding hydrogens is 522 g/mol. The zero-order chi connectivity index (χ0) is 27.5. The Labute approximate surface area is 241 Å². The van der Waals surface area contributed by atoms with Crippen molar-refractivity contribution < 1.29 is 10.2 Å². The minimum absolute atomic E-state index is 0.0933. The van der Waals surface area contributed by atoms with Crippen LogP contribution in [0.4, 0.5) is 0 Å². The van der Waals surface area contributed by atoms with Gasteiger partial charge in [-0.05, 0) is 86.1 Å². The molecule has 1 fully saturated rings. The van der Waals surface area contributed by atoms with Gasteiger partial charge < -0.3 is 10.2 Å². The van der Waals surface area contributed by atoms with Crippen LogP contribution in [-0.2, 0) is 12.0 Å². The van der Waals surface area contributed by atoms with E-state index in [4.69, 9.17) is 16.6 Å². The van der Waals surface area contributed by atoms with Gasteiger partial charge in [-0.1, -0.05) is 78.3 Å². The number of halogens is 1. The number of fused-ring (bicyclic) bond motifs is 1. The van der Waals surface area contributed by atoms with Crippen molar-refractivity contribution in [3.8, 4) is 0 Å². The number of aliphatic hydroxyl groups is 2. The van der Waals surface area contributed by atoms with E-state index in [1.54, 1.807) is 0 Å². The van der Waals surface area contributed by atoms with E-state index in [2.05, 4.69) is 48.5 Å². The van der Waals surface area contributed by atoms with E-state index >= 15 is 0 Å². The van der Waals surface area contributed by atoms with Crippen LogP contribution in [0.3, 0.4) is 0 Å². The number of nitrogens with zero attached hydrogens (tertiary/aromatic N) is 1. The molecule has 0 amide bonds. The molecule has 0 spiro atoms. The number of thioether (sulfide) groups is 1. The van der Waals surface area contributed by atoms with Crippen molar-refractivity contribution in [1.82, 2.24) is 4.98 Å². The molecule has 0 unspecified atom stereocenters. The largest absolute Gasteiger partial charge is 0.396 e. The Bertz CT molecular complexity index is 1470. The van der Waals surface area contributed by atoms with Crippen LogP contribution in [-0.4, -0.2) is 27.6 Å². The molecule has 4 aromatic rings. The molecule has 2 N–H and O–H groups in total. The minimum Gasteiger partial charge on any atom is -0.396 e. The van der Waals surface area contributed by atoms with Crippen molar-refractivity contribution in [2.24, 2.45) is 5.41 Å². The number of hydrogen-bond donors (Lipinski definition) is 2. The van der Waals surface area contributed by atoms with Crippen LogP contribution in [0, 0.1) is 5.41 Å². The lowest BCUT2D eigenvalue weighted by Gasteiger charge is -2.24. The molecule has 1 aliphatic carbocycles. The molecule has 39 heavy (non-hydrogen) atoms. The van der Waals surface area contributed by atoms with Gasteiger partial charge in [-0.15, -0.1) is 0 Å². The molecule has 0 aliphatic heterocycles. The molecule has 5 heteroatoms. The number of aliphatic hydroxyl groups excluding tert-OH is 1. The molecule has 202 valence electrons. The zero-order valence-electron chi connectivity index (χ0n) is 22.6. The first kappa shape index (κ1) is 27.9. The first-order valence-corrected chi connectivity index (χ1v) is 15.0. The second-order valence-corrected chi connectivity index (χ2v) is 12.9. The summed E-state index contributed by atoms with van der Waals surface area (Å²) in [5.74, 6) is 0.963. The van der Waals surface area contributed by atoms with Crippen LogP contribution in [0.15, 0.2) is 78.9 Å². The second kappa shape index (κ2) is 11.9. The fourth-order valence-corrected chi connectivity index (χ4v) is 6.74. The van der Waals surface area contributed by atoms with Crippen molar-refractivity contribution in [1.29, 1.82) is 0 Å². The number of aromatic nitrogens is 1. The number of benzene rings is 3. The average Bonchev–Trinajstić information content (AvgIpc) is 3.72. The lowest BCUT2D eigenvalue weighted by molar-refractivity contribution is 0.0776. The van der Waals surface area contributed by atoms with E-state index in [-0.39, 0.29) is 17.3 Å².